The summed E-state index contributed by atoms with van der Waals surface area (Å²) in [5.41, 5.74) is 0.409. The summed E-state index contributed by atoms with van der Waals surface area (Å²) in [7, 11) is 0. The van der Waals surface area contributed by atoms with Crippen LogP contribution in [0, 0.1) is 11.8 Å². The Balaban J connectivity index is 2.65. The SMILES string of the molecule is [2H]C([2H])(O)C#Cc1cc2c(Br)cccn2c1CC(F)(F)F. The van der Waals surface area contributed by atoms with Crippen LogP contribution in [0.15, 0.2) is 28.9 Å². The number of hydrogen-bond acceptors (Lipinski definition) is 1. The molecule has 19 heavy (non-hydrogen) atoms. The fourth-order valence-corrected chi connectivity index (χ4v) is 2.25. The van der Waals surface area contributed by atoms with Crippen molar-refractivity contribution in [3.8, 4) is 11.8 Å². The summed E-state index contributed by atoms with van der Waals surface area (Å²) in [6.07, 6.45) is -4.15. The van der Waals surface area contributed by atoms with Crippen molar-refractivity contribution in [2.24, 2.45) is 0 Å². The molecular formula is C13H9BrF3NO. The van der Waals surface area contributed by atoms with E-state index in [1.165, 1.54) is 16.7 Å². The number of fused-ring (bicyclic) bond motifs is 1. The van der Waals surface area contributed by atoms with Gasteiger partial charge >= 0.3 is 6.18 Å². The molecule has 100 valence electrons. The van der Waals surface area contributed by atoms with E-state index >= 15 is 0 Å². The van der Waals surface area contributed by atoms with Crippen LogP contribution in [0.3, 0.4) is 0 Å². The van der Waals surface area contributed by atoms with Gasteiger partial charge in [0.15, 0.2) is 0 Å². The van der Waals surface area contributed by atoms with Crippen molar-refractivity contribution in [3.05, 3.63) is 40.1 Å². The summed E-state index contributed by atoms with van der Waals surface area (Å²) >= 11 is 3.24. The van der Waals surface area contributed by atoms with Crippen LogP contribution >= 0.6 is 15.9 Å². The Labute approximate surface area is 118 Å². The summed E-state index contributed by atoms with van der Waals surface area (Å²) in [6, 6.07) is 4.68. The van der Waals surface area contributed by atoms with Gasteiger partial charge in [0.2, 0.25) is 0 Å². The Morgan fingerprint density at radius 1 is 1.47 bits per heavy atom. The average Bonchev–Trinajstić information content (AvgIpc) is 2.64. The lowest BCUT2D eigenvalue weighted by molar-refractivity contribution is -0.128. The molecule has 0 aliphatic carbocycles. The summed E-state index contributed by atoms with van der Waals surface area (Å²) in [5.74, 6) is 4.16. The highest BCUT2D eigenvalue weighted by atomic mass is 79.9. The van der Waals surface area contributed by atoms with Gasteiger partial charge in [-0.25, -0.2) is 0 Å². The molecule has 0 spiro atoms. The average molecular weight is 334 g/mol. The number of hydrogen-bond donors (Lipinski definition) is 1. The van der Waals surface area contributed by atoms with Gasteiger partial charge in [0.05, 0.1) is 14.7 Å². The van der Waals surface area contributed by atoms with Crippen LogP contribution in [0.4, 0.5) is 13.2 Å². The Kier molecular flexibility index (Phi) is 3.16. The lowest BCUT2D eigenvalue weighted by atomic mass is 10.2. The minimum Gasteiger partial charge on any atom is -0.384 e. The number of nitrogens with zero attached hydrogens (tertiary/aromatic N) is 1. The zero-order valence-corrected chi connectivity index (χ0v) is 11.0. The zero-order valence-electron chi connectivity index (χ0n) is 11.4. The van der Waals surface area contributed by atoms with Crippen LogP contribution in [0.5, 0.6) is 0 Å². The van der Waals surface area contributed by atoms with Crippen molar-refractivity contribution in [2.45, 2.75) is 12.6 Å². The Morgan fingerprint density at radius 2 is 2.21 bits per heavy atom. The Morgan fingerprint density at radius 3 is 2.84 bits per heavy atom. The fourth-order valence-electron chi connectivity index (χ4n) is 1.79. The van der Waals surface area contributed by atoms with Gasteiger partial charge in [-0.15, -0.1) is 0 Å². The van der Waals surface area contributed by atoms with Gasteiger partial charge < -0.3 is 9.51 Å². The Bertz CT molecular complexity index is 738. The fraction of sp³-hybridized carbons (Fsp3) is 0.231. The predicted octanol–water partition coefficient (Wildman–Crippen LogP) is 3.15. The third-order valence-corrected chi connectivity index (χ3v) is 3.16. The maximum atomic E-state index is 12.7. The summed E-state index contributed by atoms with van der Waals surface area (Å²) in [5, 5.41) is 8.95. The van der Waals surface area contributed by atoms with Gasteiger partial charge in [-0.3, -0.25) is 0 Å². The van der Waals surface area contributed by atoms with E-state index in [4.69, 9.17) is 7.85 Å². The highest BCUT2D eigenvalue weighted by Crippen LogP contribution is 2.28. The lowest BCUT2D eigenvalue weighted by Gasteiger charge is -2.08. The number of halogens is 4. The molecule has 0 saturated heterocycles. The van der Waals surface area contributed by atoms with Crippen LogP contribution in [-0.4, -0.2) is 22.2 Å². The maximum absolute atomic E-state index is 12.7. The van der Waals surface area contributed by atoms with E-state index in [2.05, 4.69) is 21.9 Å². The van der Waals surface area contributed by atoms with E-state index in [0.29, 0.717) is 9.99 Å². The molecule has 2 rings (SSSR count). The number of alkyl halides is 3. The molecule has 0 radical (unpaired) electrons. The van der Waals surface area contributed by atoms with Gasteiger partial charge in [0.1, 0.15) is 6.56 Å². The minimum absolute atomic E-state index is 0.0251. The van der Waals surface area contributed by atoms with Crippen LogP contribution in [0.25, 0.3) is 5.52 Å². The largest absolute Gasteiger partial charge is 0.394 e. The second-order valence-corrected chi connectivity index (χ2v) is 4.62. The van der Waals surface area contributed by atoms with Gasteiger partial charge in [-0.05, 0) is 34.1 Å². The van der Waals surface area contributed by atoms with E-state index in [9.17, 15) is 13.2 Å². The first-order valence-corrected chi connectivity index (χ1v) is 5.97. The normalized spacial score (nSPS) is 13.7. The maximum Gasteiger partial charge on any atom is 0.394 e. The van der Waals surface area contributed by atoms with E-state index in [-0.39, 0.29) is 11.3 Å². The molecule has 0 aliphatic rings. The quantitative estimate of drug-likeness (QED) is 0.796. The number of aromatic nitrogens is 1. The number of rotatable bonds is 1. The predicted molar refractivity (Wildman–Crippen MR) is 68.8 cm³/mol. The monoisotopic (exact) mass is 333 g/mol. The summed E-state index contributed by atoms with van der Waals surface area (Å²) in [4.78, 5) is 0. The molecule has 2 nitrogen and oxygen atoms in total. The number of pyridine rings is 1. The van der Waals surface area contributed by atoms with E-state index in [0.717, 1.165) is 0 Å². The molecule has 2 aromatic rings. The standard InChI is InChI=1S/C13H9BrF3NO/c14-10-4-1-5-18-11(10)7-9(3-2-6-19)12(18)8-13(15,16)17/h1,4-5,7,19H,6,8H2/i6D2. The van der Waals surface area contributed by atoms with E-state index < -0.39 is 19.2 Å². The third-order valence-electron chi connectivity index (χ3n) is 2.49. The highest BCUT2D eigenvalue weighted by molar-refractivity contribution is 9.10. The summed E-state index contributed by atoms with van der Waals surface area (Å²) < 4.78 is 53.9. The Hall–Kier alpha value is -1.45. The van der Waals surface area contributed by atoms with E-state index in [1.807, 2.05) is 5.92 Å². The third kappa shape index (κ3) is 3.11. The molecule has 2 aromatic heterocycles. The second kappa shape index (κ2) is 5.27. The summed E-state index contributed by atoms with van der Waals surface area (Å²) in [6.45, 7) is -2.76. The molecule has 2 heterocycles. The van der Waals surface area contributed by atoms with Gasteiger partial charge in [0.25, 0.3) is 0 Å². The van der Waals surface area contributed by atoms with Crippen LogP contribution in [0.1, 0.15) is 14.0 Å². The zero-order chi connectivity index (χ0) is 15.8. The van der Waals surface area contributed by atoms with Crippen molar-refractivity contribution in [1.29, 1.82) is 0 Å². The lowest BCUT2D eigenvalue weighted by Crippen LogP contribution is -2.14. The van der Waals surface area contributed by atoms with Crippen molar-refractivity contribution in [3.63, 3.8) is 0 Å². The molecular weight excluding hydrogens is 323 g/mol. The minimum atomic E-state index is -4.43. The van der Waals surface area contributed by atoms with Gasteiger partial charge in [-0.2, -0.15) is 13.2 Å². The van der Waals surface area contributed by atoms with Crippen LogP contribution in [0.2, 0.25) is 0 Å². The molecule has 6 heteroatoms. The van der Waals surface area contributed by atoms with Crippen molar-refractivity contribution < 1.29 is 21.0 Å². The molecule has 0 saturated carbocycles. The second-order valence-electron chi connectivity index (χ2n) is 3.77. The molecule has 1 N–H and O–H groups in total. The van der Waals surface area contributed by atoms with Crippen LogP contribution in [-0.2, 0) is 6.42 Å². The molecule has 0 bridgehead atoms. The van der Waals surface area contributed by atoms with Crippen molar-refractivity contribution in [2.75, 3.05) is 6.56 Å². The number of aliphatic hydroxyl groups is 1. The molecule has 0 atom stereocenters. The van der Waals surface area contributed by atoms with Gasteiger partial charge in [0, 0.05) is 21.9 Å². The molecule has 0 unspecified atom stereocenters. The topological polar surface area (TPSA) is 24.6 Å². The molecule has 0 amide bonds. The first-order valence-electron chi connectivity index (χ1n) is 6.17. The molecule has 0 aromatic carbocycles. The molecule has 0 fully saturated rings. The molecule has 0 aliphatic heterocycles. The first kappa shape index (κ1) is 11.4. The smallest absolute Gasteiger partial charge is 0.384 e. The van der Waals surface area contributed by atoms with Crippen LogP contribution < -0.4 is 0 Å². The van der Waals surface area contributed by atoms with Crippen molar-refractivity contribution in [1.82, 2.24) is 4.40 Å². The van der Waals surface area contributed by atoms with E-state index in [1.54, 1.807) is 12.1 Å². The highest BCUT2D eigenvalue weighted by Gasteiger charge is 2.30. The van der Waals surface area contributed by atoms with Crippen molar-refractivity contribution >= 4 is 21.4 Å². The van der Waals surface area contributed by atoms with Gasteiger partial charge in [-0.1, -0.05) is 11.8 Å². The first-order chi connectivity index (χ1) is 9.57.